The molecule has 0 aliphatic carbocycles. The summed E-state index contributed by atoms with van der Waals surface area (Å²) in [6, 6.07) is 8.18. The van der Waals surface area contributed by atoms with E-state index in [0.717, 1.165) is 30.3 Å². The first-order valence-corrected chi connectivity index (χ1v) is 6.94. The van der Waals surface area contributed by atoms with Gasteiger partial charge in [0.15, 0.2) is 0 Å². The van der Waals surface area contributed by atoms with Crippen LogP contribution in [-0.4, -0.2) is 9.36 Å². The molecule has 0 bridgehead atoms. The van der Waals surface area contributed by atoms with E-state index >= 15 is 0 Å². The minimum atomic E-state index is 0.565. The normalized spacial score (nSPS) is 10.6. The van der Waals surface area contributed by atoms with Crippen molar-refractivity contribution >= 4 is 16.7 Å². The van der Waals surface area contributed by atoms with Crippen molar-refractivity contribution in [2.75, 3.05) is 5.32 Å². The molecule has 0 aliphatic rings. The molecule has 18 heavy (non-hydrogen) atoms. The molecule has 0 saturated heterocycles. The van der Waals surface area contributed by atoms with Crippen LogP contribution in [0.2, 0.25) is 0 Å². The summed E-state index contributed by atoms with van der Waals surface area (Å²) in [5.74, 6) is 0.928. The summed E-state index contributed by atoms with van der Waals surface area (Å²) in [5.41, 5.74) is 8.09. The third-order valence-electron chi connectivity index (χ3n) is 2.71. The summed E-state index contributed by atoms with van der Waals surface area (Å²) >= 11 is 1.42. The van der Waals surface area contributed by atoms with Crippen molar-refractivity contribution in [3.8, 4) is 0 Å². The van der Waals surface area contributed by atoms with Crippen LogP contribution in [0.4, 0.5) is 5.13 Å². The SMILES string of the molecule is CCCc1nsc(NCc2ccccc2CN)n1. The second kappa shape index (κ2) is 6.47. The third kappa shape index (κ3) is 3.27. The van der Waals surface area contributed by atoms with Gasteiger partial charge in [-0.3, -0.25) is 0 Å². The quantitative estimate of drug-likeness (QED) is 0.840. The Morgan fingerprint density at radius 2 is 2.06 bits per heavy atom. The summed E-state index contributed by atoms with van der Waals surface area (Å²) in [5, 5.41) is 4.18. The van der Waals surface area contributed by atoms with Gasteiger partial charge in [-0.25, -0.2) is 4.98 Å². The molecule has 0 amide bonds. The second-order valence-corrected chi connectivity index (χ2v) is 4.84. The number of nitrogens with zero attached hydrogens (tertiary/aromatic N) is 2. The van der Waals surface area contributed by atoms with Gasteiger partial charge in [-0.05, 0) is 17.5 Å². The maximum atomic E-state index is 5.71. The molecule has 0 radical (unpaired) electrons. The molecule has 4 nitrogen and oxygen atoms in total. The highest BCUT2D eigenvalue weighted by molar-refractivity contribution is 7.09. The van der Waals surface area contributed by atoms with Gasteiger partial charge in [-0.1, -0.05) is 31.2 Å². The zero-order valence-electron chi connectivity index (χ0n) is 10.5. The van der Waals surface area contributed by atoms with Gasteiger partial charge in [-0.2, -0.15) is 4.37 Å². The first kappa shape index (κ1) is 13.0. The molecule has 0 spiro atoms. The van der Waals surface area contributed by atoms with Crippen molar-refractivity contribution in [1.82, 2.24) is 9.36 Å². The molecule has 96 valence electrons. The molecule has 0 unspecified atom stereocenters. The van der Waals surface area contributed by atoms with Gasteiger partial charge in [0.2, 0.25) is 5.13 Å². The maximum Gasteiger partial charge on any atom is 0.202 e. The number of aryl methyl sites for hydroxylation is 1. The predicted octanol–water partition coefficient (Wildman–Crippen LogP) is 2.56. The van der Waals surface area contributed by atoms with Crippen LogP contribution in [0.1, 0.15) is 30.3 Å². The van der Waals surface area contributed by atoms with Crippen molar-refractivity contribution in [1.29, 1.82) is 0 Å². The van der Waals surface area contributed by atoms with E-state index < -0.39 is 0 Å². The van der Waals surface area contributed by atoms with Crippen molar-refractivity contribution < 1.29 is 0 Å². The highest BCUT2D eigenvalue weighted by Crippen LogP contribution is 2.15. The average molecular weight is 262 g/mol. The maximum absolute atomic E-state index is 5.71. The first-order valence-electron chi connectivity index (χ1n) is 6.16. The zero-order valence-corrected chi connectivity index (χ0v) is 11.3. The predicted molar refractivity (Wildman–Crippen MR) is 75.6 cm³/mol. The summed E-state index contributed by atoms with van der Waals surface area (Å²) in [6.45, 7) is 3.44. The van der Waals surface area contributed by atoms with Crippen LogP contribution >= 0.6 is 11.5 Å². The van der Waals surface area contributed by atoms with E-state index in [2.05, 4.69) is 33.7 Å². The number of rotatable bonds is 6. The van der Waals surface area contributed by atoms with E-state index in [0.29, 0.717) is 6.54 Å². The Bertz CT molecular complexity index is 495. The van der Waals surface area contributed by atoms with Gasteiger partial charge in [0.05, 0.1) is 0 Å². The Morgan fingerprint density at radius 3 is 2.78 bits per heavy atom. The van der Waals surface area contributed by atoms with Crippen molar-refractivity contribution in [3.63, 3.8) is 0 Å². The topological polar surface area (TPSA) is 63.8 Å². The van der Waals surface area contributed by atoms with Crippen molar-refractivity contribution in [2.24, 2.45) is 5.73 Å². The largest absolute Gasteiger partial charge is 0.356 e. The summed E-state index contributed by atoms with van der Waals surface area (Å²) in [7, 11) is 0. The lowest BCUT2D eigenvalue weighted by molar-refractivity contribution is 0.860. The zero-order chi connectivity index (χ0) is 12.8. The van der Waals surface area contributed by atoms with E-state index in [1.165, 1.54) is 22.7 Å². The van der Waals surface area contributed by atoms with Gasteiger partial charge in [0.1, 0.15) is 5.82 Å². The Balaban J connectivity index is 1.97. The monoisotopic (exact) mass is 262 g/mol. The molecule has 3 N–H and O–H groups in total. The first-order chi connectivity index (χ1) is 8.83. The summed E-state index contributed by atoms with van der Waals surface area (Å²) < 4.78 is 4.30. The standard InChI is InChI=1S/C13H18N4S/c1-2-5-12-16-13(18-17-12)15-9-11-7-4-3-6-10(11)8-14/h3-4,6-7H,2,5,8-9,14H2,1H3,(H,15,16,17). The summed E-state index contributed by atoms with van der Waals surface area (Å²) in [6.07, 6.45) is 2.02. The molecular formula is C13H18N4S. The Morgan fingerprint density at radius 1 is 1.28 bits per heavy atom. The van der Waals surface area contributed by atoms with Crippen LogP contribution in [0.25, 0.3) is 0 Å². The lowest BCUT2D eigenvalue weighted by Gasteiger charge is -2.07. The van der Waals surface area contributed by atoms with Crippen LogP contribution in [0.3, 0.4) is 0 Å². The number of hydrogen-bond acceptors (Lipinski definition) is 5. The number of anilines is 1. The van der Waals surface area contributed by atoms with Crippen LogP contribution < -0.4 is 11.1 Å². The molecule has 1 aromatic heterocycles. The molecule has 0 fully saturated rings. The van der Waals surface area contributed by atoms with Crippen LogP contribution in [0, 0.1) is 0 Å². The number of nitrogens with two attached hydrogens (primary N) is 1. The molecular weight excluding hydrogens is 244 g/mol. The second-order valence-electron chi connectivity index (χ2n) is 4.09. The number of hydrogen-bond donors (Lipinski definition) is 2. The molecule has 2 rings (SSSR count). The van der Waals surface area contributed by atoms with Crippen LogP contribution in [0.5, 0.6) is 0 Å². The van der Waals surface area contributed by atoms with E-state index in [1.54, 1.807) is 0 Å². The third-order valence-corrected chi connectivity index (χ3v) is 3.42. The van der Waals surface area contributed by atoms with Gasteiger partial charge < -0.3 is 11.1 Å². The summed E-state index contributed by atoms with van der Waals surface area (Å²) in [4.78, 5) is 4.44. The van der Waals surface area contributed by atoms with Crippen LogP contribution in [0.15, 0.2) is 24.3 Å². The smallest absolute Gasteiger partial charge is 0.202 e. The van der Waals surface area contributed by atoms with E-state index in [-0.39, 0.29) is 0 Å². The highest BCUT2D eigenvalue weighted by Gasteiger charge is 2.04. The Labute approximate surface area is 111 Å². The average Bonchev–Trinajstić information content (AvgIpc) is 2.85. The van der Waals surface area contributed by atoms with Gasteiger partial charge in [0, 0.05) is 31.0 Å². The van der Waals surface area contributed by atoms with Crippen molar-refractivity contribution in [2.45, 2.75) is 32.9 Å². The fourth-order valence-corrected chi connectivity index (χ4v) is 2.36. The highest BCUT2D eigenvalue weighted by atomic mass is 32.1. The fourth-order valence-electron chi connectivity index (χ4n) is 1.75. The fraction of sp³-hybridized carbons (Fsp3) is 0.385. The molecule has 0 saturated carbocycles. The molecule has 1 heterocycles. The lowest BCUT2D eigenvalue weighted by Crippen LogP contribution is -2.06. The number of aromatic nitrogens is 2. The van der Waals surface area contributed by atoms with E-state index in [1.807, 2.05) is 12.1 Å². The van der Waals surface area contributed by atoms with Gasteiger partial charge in [-0.15, -0.1) is 0 Å². The Kier molecular flexibility index (Phi) is 4.66. The number of benzene rings is 1. The van der Waals surface area contributed by atoms with E-state index in [9.17, 15) is 0 Å². The molecule has 0 atom stereocenters. The molecule has 1 aromatic carbocycles. The van der Waals surface area contributed by atoms with E-state index in [4.69, 9.17) is 5.73 Å². The van der Waals surface area contributed by atoms with Crippen LogP contribution in [-0.2, 0) is 19.5 Å². The number of nitrogens with one attached hydrogen (secondary N) is 1. The lowest BCUT2D eigenvalue weighted by atomic mass is 10.1. The molecule has 0 aliphatic heterocycles. The minimum absolute atomic E-state index is 0.565. The minimum Gasteiger partial charge on any atom is -0.356 e. The molecule has 2 aromatic rings. The van der Waals surface area contributed by atoms with Crippen molar-refractivity contribution in [3.05, 3.63) is 41.2 Å². The van der Waals surface area contributed by atoms with Gasteiger partial charge >= 0.3 is 0 Å². The molecule has 5 heteroatoms. The Hall–Kier alpha value is -1.46. The van der Waals surface area contributed by atoms with Gasteiger partial charge in [0.25, 0.3) is 0 Å².